The van der Waals surface area contributed by atoms with E-state index >= 15 is 0 Å². The molecule has 0 aliphatic carbocycles. The van der Waals surface area contributed by atoms with Gasteiger partial charge in [-0.1, -0.05) is 321 Å². The average molecular weight is 875 g/mol. The Labute approximate surface area is 390 Å². The highest BCUT2D eigenvalue weighted by Gasteiger charge is 2.18. The lowest BCUT2D eigenvalue weighted by molar-refractivity contribution is -0.123. The van der Waals surface area contributed by atoms with E-state index in [9.17, 15) is 15.0 Å². The Morgan fingerprint density at radius 2 is 0.597 bits per heavy atom. The molecule has 0 spiro atoms. The van der Waals surface area contributed by atoms with E-state index in [2.05, 4.69) is 19.2 Å². The van der Waals surface area contributed by atoms with Crippen LogP contribution in [0, 0.1) is 0 Å². The zero-order valence-corrected chi connectivity index (χ0v) is 42.7. The number of aliphatic hydroxyl groups is 2. The lowest BCUT2D eigenvalue weighted by atomic mass is 10.0. The number of rotatable bonds is 54. The van der Waals surface area contributed by atoms with Crippen LogP contribution in [0.5, 0.6) is 0 Å². The van der Waals surface area contributed by atoms with Crippen molar-refractivity contribution in [2.45, 2.75) is 347 Å². The number of amides is 1. The molecule has 0 fully saturated rings. The third-order valence-corrected chi connectivity index (χ3v) is 13.8. The molecule has 4 nitrogen and oxygen atoms in total. The number of hydrogen-bond acceptors (Lipinski definition) is 3. The van der Waals surface area contributed by atoms with E-state index in [1.54, 1.807) is 6.08 Å². The second-order valence-electron chi connectivity index (χ2n) is 20.1. The molecular formula is C58H115NO3. The summed E-state index contributed by atoms with van der Waals surface area (Å²) in [5.41, 5.74) is 0. The van der Waals surface area contributed by atoms with Gasteiger partial charge < -0.3 is 15.5 Å². The van der Waals surface area contributed by atoms with Gasteiger partial charge >= 0.3 is 0 Å². The second kappa shape index (κ2) is 54.5. The normalized spacial score (nSPS) is 12.8. The molecule has 4 heteroatoms. The Kier molecular flexibility index (Phi) is 53.7. The number of hydrogen-bond donors (Lipinski definition) is 3. The van der Waals surface area contributed by atoms with Gasteiger partial charge in [0, 0.05) is 6.42 Å². The van der Waals surface area contributed by atoms with Crippen molar-refractivity contribution in [2.24, 2.45) is 0 Å². The number of carbonyl (C=O) groups is 1. The Morgan fingerprint density at radius 3 is 0.839 bits per heavy atom. The molecule has 3 N–H and O–H groups in total. The molecule has 0 heterocycles. The molecule has 0 aromatic heterocycles. The van der Waals surface area contributed by atoms with Crippen LogP contribution in [0.25, 0.3) is 0 Å². The van der Waals surface area contributed by atoms with E-state index in [1.165, 1.54) is 289 Å². The maximum absolute atomic E-state index is 12.5. The Hall–Kier alpha value is -0.870. The largest absolute Gasteiger partial charge is 0.394 e. The minimum Gasteiger partial charge on any atom is -0.394 e. The molecular weight excluding hydrogens is 759 g/mol. The van der Waals surface area contributed by atoms with Crippen molar-refractivity contribution in [3.8, 4) is 0 Å². The summed E-state index contributed by atoms with van der Waals surface area (Å²) in [4.78, 5) is 12.5. The molecule has 0 aliphatic rings. The highest BCUT2D eigenvalue weighted by atomic mass is 16.3. The number of nitrogens with one attached hydrogen (secondary N) is 1. The molecule has 0 rings (SSSR count). The lowest BCUT2D eigenvalue weighted by Gasteiger charge is -2.20. The zero-order chi connectivity index (χ0) is 44.9. The lowest BCUT2D eigenvalue weighted by Crippen LogP contribution is -2.45. The highest BCUT2D eigenvalue weighted by molar-refractivity contribution is 5.76. The fourth-order valence-corrected chi connectivity index (χ4v) is 9.36. The Morgan fingerprint density at radius 1 is 0.371 bits per heavy atom. The van der Waals surface area contributed by atoms with E-state index in [-0.39, 0.29) is 12.5 Å². The van der Waals surface area contributed by atoms with Gasteiger partial charge in [-0.25, -0.2) is 0 Å². The predicted molar refractivity (Wildman–Crippen MR) is 276 cm³/mol. The van der Waals surface area contributed by atoms with Gasteiger partial charge in [0.25, 0.3) is 0 Å². The van der Waals surface area contributed by atoms with Gasteiger partial charge in [-0.2, -0.15) is 0 Å². The van der Waals surface area contributed by atoms with Crippen LogP contribution in [0.15, 0.2) is 12.2 Å². The minimum atomic E-state index is -0.835. The van der Waals surface area contributed by atoms with Crippen molar-refractivity contribution in [1.29, 1.82) is 0 Å². The topological polar surface area (TPSA) is 69.6 Å². The van der Waals surface area contributed by atoms with Gasteiger partial charge in [-0.15, -0.1) is 0 Å². The maximum Gasteiger partial charge on any atom is 0.220 e. The van der Waals surface area contributed by atoms with Gasteiger partial charge in [0.1, 0.15) is 0 Å². The van der Waals surface area contributed by atoms with Crippen molar-refractivity contribution in [2.75, 3.05) is 6.61 Å². The fourth-order valence-electron chi connectivity index (χ4n) is 9.36. The van der Waals surface area contributed by atoms with Crippen LogP contribution in [0.4, 0.5) is 0 Å². The summed E-state index contributed by atoms with van der Waals surface area (Å²) < 4.78 is 0. The monoisotopic (exact) mass is 874 g/mol. The molecule has 0 aliphatic heterocycles. The summed E-state index contributed by atoms with van der Waals surface area (Å²) in [6, 6.07) is -0.618. The third-order valence-electron chi connectivity index (χ3n) is 13.8. The molecule has 0 aromatic carbocycles. The summed E-state index contributed by atoms with van der Waals surface area (Å²) in [5.74, 6) is -0.0552. The van der Waals surface area contributed by atoms with E-state index in [4.69, 9.17) is 0 Å². The third kappa shape index (κ3) is 50.1. The van der Waals surface area contributed by atoms with Gasteiger partial charge in [-0.05, 0) is 19.3 Å². The molecule has 370 valence electrons. The van der Waals surface area contributed by atoms with Gasteiger partial charge in [0.15, 0.2) is 0 Å². The number of allylic oxidation sites excluding steroid dienone is 1. The zero-order valence-electron chi connectivity index (χ0n) is 42.7. The minimum absolute atomic E-state index is 0.0552. The van der Waals surface area contributed by atoms with Crippen molar-refractivity contribution in [3.05, 3.63) is 12.2 Å². The van der Waals surface area contributed by atoms with Gasteiger partial charge in [0.2, 0.25) is 5.91 Å². The summed E-state index contributed by atoms with van der Waals surface area (Å²) in [5, 5.41) is 23.2. The van der Waals surface area contributed by atoms with Crippen LogP contribution in [-0.4, -0.2) is 34.9 Å². The van der Waals surface area contributed by atoms with Crippen LogP contribution in [0.2, 0.25) is 0 Å². The van der Waals surface area contributed by atoms with Crippen LogP contribution >= 0.6 is 0 Å². The Bertz CT molecular complexity index is 860. The number of carbonyl (C=O) groups excluding carboxylic acids is 1. The van der Waals surface area contributed by atoms with Crippen molar-refractivity contribution >= 4 is 5.91 Å². The molecule has 2 atom stereocenters. The van der Waals surface area contributed by atoms with Crippen LogP contribution < -0.4 is 5.32 Å². The molecule has 2 unspecified atom stereocenters. The Balaban J connectivity index is 3.43. The van der Waals surface area contributed by atoms with E-state index in [0.717, 1.165) is 25.7 Å². The van der Waals surface area contributed by atoms with E-state index < -0.39 is 12.1 Å². The average Bonchev–Trinajstić information content (AvgIpc) is 3.28. The quantitative estimate of drug-likeness (QED) is 0.0421. The first kappa shape index (κ1) is 61.1. The predicted octanol–water partition coefficient (Wildman–Crippen LogP) is 18.9. The number of unbranched alkanes of at least 4 members (excludes halogenated alkanes) is 47. The van der Waals surface area contributed by atoms with Crippen molar-refractivity contribution in [1.82, 2.24) is 5.32 Å². The number of aliphatic hydroxyl groups excluding tert-OH is 2. The van der Waals surface area contributed by atoms with Crippen LogP contribution in [-0.2, 0) is 4.79 Å². The molecule has 0 bridgehead atoms. The first-order valence-corrected chi connectivity index (χ1v) is 28.9. The summed E-state index contributed by atoms with van der Waals surface area (Å²) in [7, 11) is 0. The first-order chi connectivity index (χ1) is 30.7. The van der Waals surface area contributed by atoms with Crippen LogP contribution in [0.3, 0.4) is 0 Å². The summed E-state index contributed by atoms with van der Waals surface area (Å²) in [6.45, 7) is 4.36. The smallest absolute Gasteiger partial charge is 0.220 e. The van der Waals surface area contributed by atoms with E-state index in [0.29, 0.717) is 6.42 Å². The molecule has 0 radical (unpaired) electrons. The van der Waals surface area contributed by atoms with Gasteiger partial charge in [-0.3, -0.25) is 4.79 Å². The molecule has 62 heavy (non-hydrogen) atoms. The standard InChI is InChI=1S/C58H115NO3/c1-3-5-7-9-11-13-15-17-19-21-23-25-27-28-29-30-31-32-34-36-38-40-42-44-46-48-50-52-54-58(62)59-56(55-60)57(61)53-51-49-47-45-43-41-39-37-35-33-26-24-22-20-18-16-14-12-10-8-6-4-2/h51,53,56-57,60-61H,3-50,52,54-55H2,1-2H3,(H,59,62)/b53-51+. The molecule has 0 aromatic rings. The fraction of sp³-hybridized carbons (Fsp3) is 0.948. The molecule has 1 amide bonds. The summed E-state index contributed by atoms with van der Waals surface area (Å²) >= 11 is 0. The van der Waals surface area contributed by atoms with Crippen LogP contribution in [0.1, 0.15) is 335 Å². The van der Waals surface area contributed by atoms with Crippen molar-refractivity contribution < 1.29 is 15.0 Å². The SMILES string of the molecule is CCCCCCCCCCCCCCCCCCCCCC/C=C/C(O)C(CO)NC(=O)CCCCCCCCCCCCCCCCCCCCCCCCCCCCCC. The van der Waals surface area contributed by atoms with Gasteiger partial charge in [0.05, 0.1) is 18.8 Å². The molecule has 0 saturated heterocycles. The van der Waals surface area contributed by atoms with Crippen molar-refractivity contribution in [3.63, 3.8) is 0 Å². The second-order valence-corrected chi connectivity index (χ2v) is 20.1. The highest BCUT2D eigenvalue weighted by Crippen LogP contribution is 2.18. The first-order valence-electron chi connectivity index (χ1n) is 28.9. The maximum atomic E-state index is 12.5. The molecule has 0 saturated carbocycles. The summed E-state index contributed by atoms with van der Waals surface area (Å²) in [6.07, 6.45) is 71.0. The van der Waals surface area contributed by atoms with E-state index in [1.807, 2.05) is 6.08 Å².